The molecule has 1 aromatic carbocycles. The summed E-state index contributed by atoms with van der Waals surface area (Å²) in [5.74, 6) is 0.0155. The number of benzene rings is 1. The van der Waals surface area contributed by atoms with E-state index in [2.05, 4.69) is 4.98 Å². The summed E-state index contributed by atoms with van der Waals surface area (Å²) in [4.78, 5) is 4.22. The van der Waals surface area contributed by atoms with Gasteiger partial charge in [-0.2, -0.15) is 0 Å². The molecule has 3 nitrogen and oxygen atoms in total. The molecule has 18 heavy (non-hydrogen) atoms. The molecular formula is C13H14FNO2S. The number of ether oxygens (including phenoxy) is 2. The van der Waals surface area contributed by atoms with Gasteiger partial charge in [0.1, 0.15) is 0 Å². The lowest BCUT2D eigenvalue weighted by molar-refractivity contribution is 0.115. The molecule has 0 N–H and O–H groups in total. The molecule has 3 rings (SSSR count). The number of rotatable bonds is 4. The molecule has 0 aliphatic heterocycles. The Kier molecular flexibility index (Phi) is 3.07. The maximum Gasteiger partial charge on any atom is 0.274 e. The Morgan fingerprint density at radius 2 is 2.28 bits per heavy atom. The summed E-state index contributed by atoms with van der Waals surface area (Å²) in [6.45, 7) is 2.42. The van der Waals surface area contributed by atoms with E-state index in [9.17, 15) is 4.39 Å². The van der Waals surface area contributed by atoms with Crippen molar-refractivity contribution in [2.24, 2.45) is 0 Å². The van der Waals surface area contributed by atoms with E-state index in [1.807, 2.05) is 6.92 Å². The Morgan fingerprint density at radius 3 is 2.94 bits per heavy atom. The predicted octanol–water partition coefficient (Wildman–Crippen LogP) is 3.77. The molecule has 0 saturated heterocycles. The van der Waals surface area contributed by atoms with Crippen molar-refractivity contribution in [1.82, 2.24) is 4.98 Å². The van der Waals surface area contributed by atoms with E-state index in [0.29, 0.717) is 27.8 Å². The second-order valence-corrected chi connectivity index (χ2v) is 5.27. The molecule has 0 unspecified atom stereocenters. The molecule has 2 aromatic rings. The number of fused-ring (bicyclic) bond motifs is 1. The van der Waals surface area contributed by atoms with Crippen LogP contribution in [0.25, 0.3) is 10.2 Å². The van der Waals surface area contributed by atoms with Gasteiger partial charge >= 0.3 is 0 Å². The molecule has 0 atom stereocenters. The van der Waals surface area contributed by atoms with Crippen LogP contribution < -0.4 is 9.47 Å². The number of nitrogens with zero attached hydrogens (tertiary/aromatic N) is 1. The van der Waals surface area contributed by atoms with Crippen molar-refractivity contribution in [3.63, 3.8) is 0 Å². The van der Waals surface area contributed by atoms with Crippen molar-refractivity contribution >= 4 is 21.6 Å². The van der Waals surface area contributed by atoms with Gasteiger partial charge in [-0.05, 0) is 38.3 Å². The maximum absolute atomic E-state index is 14.2. The normalized spacial score (nSPS) is 15.7. The average Bonchev–Trinajstić information content (AvgIpc) is 2.70. The third-order valence-electron chi connectivity index (χ3n) is 3.06. The number of thiazole rings is 1. The second-order valence-electron chi connectivity index (χ2n) is 4.31. The second kappa shape index (κ2) is 4.72. The van der Waals surface area contributed by atoms with Crippen LogP contribution in [-0.4, -0.2) is 17.7 Å². The molecule has 0 radical (unpaired) electrons. The lowest BCUT2D eigenvalue weighted by Crippen LogP contribution is -2.24. The average molecular weight is 267 g/mol. The van der Waals surface area contributed by atoms with E-state index in [-0.39, 0.29) is 11.9 Å². The van der Waals surface area contributed by atoms with Crippen LogP contribution in [0.5, 0.6) is 10.9 Å². The molecular weight excluding hydrogens is 253 g/mol. The van der Waals surface area contributed by atoms with Crippen LogP contribution in [0.15, 0.2) is 12.1 Å². The fraction of sp³-hybridized carbons (Fsp3) is 0.462. The van der Waals surface area contributed by atoms with Gasteiger partial charge in [0.2, 0.25) is 0 Å². The Bertz CT molecular complexity index is 565. The van der Waals surface area contributed by atoms with Crippen LogP contribution in [0.2, 0.25) is 0 Å². The molecule has 1 aliphatic rings. The van der Waals surface area contributed by atoms with Crippen molar-refractivity contribution in [3.05, 3.63) is 17.9 Å². The van der Waals surface area contributed by atoms with Crippen LogP contribution >= 0.6 is 11.3 Å². The van der Waals surface area contributed by atoms with Crippen LogP contribution in [0, 0.1) is 5.82 Å². The third-order valence-corrected chi connectivity index (χ3v) is 4.03. The topological polar surface area (TPSA) is 31.4 Å². The minimum atomic E-state index is -0.317. The summed E-state index contributed by atoms with van der Waals surface area (Å²) in [6, 6.07) is 3.44. The zero-order valence-corrected chi connectivity index (χ0v) is 10.9. The van der Waals surface area contributed by atoms with E-state index >= 15 is 0 Å². The highest BCUT2D eigenvalue weighted by Crippen LogP contribution is 2.35. The standard InChI is InChI=1S/C13H14FNO2S/c1-2-16-13-15-9-6-7-10(11(14)12(9)18-13)17-8-4-3-5-8/h6-8H,2-5H2,1H3. The third kappa shape index (κ3) is 2.03. The largest absolute Gasteiger partial charge is 0.487 e. The number of hydrogen-bond acceptors (Lipinski definition) is 4. The zero-order valence-electron chi connectivity index (χ0n) is 10.1. The summed E-state index contributed by atoms with van der Waals surface area (Å²) in [7, 11) is 0. The number of hydrogen-bond donors (Lipinski definition) is 0. The van der Waals surface area contributed by atoms with Crippen molar-refractivity contribution in [2.45, 2.75) is 32.3 Å². The molecule has 1 saturated carbocycles. The number of aromatic nitrogens is 1. The Hall–Kier alpha value is -1.36. The van der Waals surface area contributed by atoms with Gasteiger partial charge < -0.3 is 9.47 Å². The minimum absolute atomic E-state index is 0.177. The van der Waals surface area contributed by atoms with Crippen molar-refractivity contribution < 1.29 is 13.9 Å². The van der Waals surface area contributed by atoms with Crippen molar-refractivity contribution in [3.8, 4) is 10.9 Å². The molecule has 0 bridgehead atoms. The van der Waals surface area contributed by atoms with Crippen molar-refractivity contribution in [2.75, 3.05) is 6.61 Å². The first-order valence-electron chi connectivity index (χ1n) is 6.16. The van der Waals surface area contributed by atoms with Crippen LogP contribution in [0.4, 0.5) is 4.39 Å². The first kappa shape index (κ1) is 11.7. The predicted molar refractivity (Wildman–Crippen MR) is 69.0 cm³/mol. The van der Waals surface area contributed by atoms with Crippen LogP contribution in [-0.2, 0) is 0 Å². The molecule has 0 spiro atoms. The van der Waals surface area contributed by atoms with E-state index in [4.69, 9.17) is 9.47 Å². The van der Waals surface area contributed by atoms with E-state index in [0.717, 1.165) is 12.8 Å². The SMILES string of the molecule is CCOc1nc2ccc(OC3CCC3)c(F)c2s1. The van der Waals surface area contributed by atoms with Gasteiger partial charge in [0.15, 0.2) is 11.6 Å². The van der Waals surface area contributed by atoms with Gasteiger partial charge in [-0.25, -0.2) is 9.37 Å². The summed E-state index contributed by atoms with van der Waals surface area (Å²) >= 11 is 1.23. The maximum atomic E-state index is 14.2. The Balaban J connectivity index is 1.93. The molecule has 1 aromatic heterocycles. The summed E-state index contributed by atoms with van der Waals surface area (Å²) in [5, 5.41) is 0.507. The van der Waals surface area contributed by atoms with Crippen LogP contribution in [0.3, 0.4) is 0 Å². The first-order chi connectivity index (χ1) is 8.78. The molecule has 1 heterocycles. The highest BCUT2D eigenvalue weighted by Gasteiger charge is 2.22. The van der Waals surface area contributed by atoms with Crippen molar-refractivity contribution in [1.29, 1.82) is 0 Å². The zero-order chi connectivity index (χ0) is 12.5. The van der Waals surface area contributed by atoms with Gasteiger partial charge in [0.05, 0.1) is 22.9 Å². The highest BCUT2D eigenvalue weighted by atomic mass is 32.1. The van der Waals surface area contributed by atoms with Gasteiger partial charge in [0.25, 0.3) is 5.19 Å². The Labute approximate surface area is 109 Å². The number of halogens is 1. The lowest BCUT2D eigenvalue weighted by Gasteiger charge is -2.26. The van der Waals surface area contributed by atoms with Gasteiger partial charge in [-0.3, -0.25) is 0 Å². The van der Waals surface area contributed by atoms with E-state index < -0.39 is 0 Å². The molecule has 1 aliphatic carbocycles. The van der Waals surface area contributed by atoms with Gasteiger partial charge in [-0.15, -0.1) is 0 Å². The lowest BCUT2D eigenvalue weighted by atomic mass is 9.96. The van der Waals surface area contributed by atoms with E-state index in [1.54, 1.807) is 12.1 Å². The monoisotopic (exact) mass is 267 g/mol. The van der Waals surface area contributed by atoms with E-state index in [1.165, 1.54) is 17.8 Å². The molecule has 5 heteroatoms. The fourth-order valence-corrected chi connectivity index (χ4v) is 2.77. The molecule has 1 fully saturated rings. The fourth-order valence-electron chi connectivity index (χ4n) is 1.87. The van der Waals surface area contributed by atoms with Crippen LogP contribution in [0.1, 0.15) is 26.2 Å². The summed E-state index contributed by atoms with van der Waals surface area (Å²) in [5.41, 5.74) is 0.627. The quantitative estimate of drug-likeness (QED) is 0.845. The van der Waals surface area contributed by atoms with Gasteiger partial charge in [-0.1, -0.05) is 11.3 Å². The smallest absolute Gasteiger partial charge is 0.274 e. The summed E-state index contributed by atoms with van der Waals surface area (Å²) < 4.78 is 25.7. The minimum Gasteiger partial charge on any atom is -0.487 e. The highest BCUT2D eigenvalue weighted by molar-refractivity contribution is 7.20. The summed E-state index contributed by atoms with van der Waals surface area (Å²) in [6.07, 6.45) is 3.38. The van der Waals surface area contributed by atoms with Gasteiger partial charge in [0, 0.05) is 0 Å². The molecule has 0 amide bonds. The Morgan fingerprint density at radius 1 is 1.44 bits per heavy atom. The first-order valence-corrected chi connectivity index (χ1v) is 6.98. The molecule has 96 valence electrons.